The summed E-state index contributed by atoms with van der Waals surface area (Å²) in [4.78, 5) is 11.8. The maximum atomic E-state index is 11.8. The molecule has 5 nitrogen and oxygen atoms in total. The molecule has 18 heavy (non-hydrogen) atoms. The van der Waals surface area contributed by atoms with Gasteiger partial charge in [0.25, 0.3) is 5.91 Å². The molecule has 7 heteroatoms. The highest BCUT2D eigenvalue weighted by Gasteiger charge is 2.07. The highest BCUT2D eigenvalue weighted by Crippen LogP contribution is 2.23. The van der Waals surface area contributed by atoms with Gasteiger partial charge in [0.2, 0.25) is 0 Å². The molecule has 0 atom stereocenters. The Morgan fingerprint density at radius 3 is 3.00 bits per heavy atom. The van der Waals surface area contributed by atoms with Crippen molar-refractivity contribution in [2.45, 2.75) is 6.54 Å². The van der Waals surface area contributed by atoms with E-state index >= 15 is 0 Å². The summed E-state index contributed by atoms with van der Waals surface area (Å²) < 4.78 is 2.35. The minimum Gasteiger partial charge on any atom is -0.350 e. The number of carbonyl (C=O) groups is 1. The Balaban J connectivity index is 1.89. The number of carbonyl (C=O) groups excluding carboxylic acids is 1. The van der Waals surface area contributed by atoms with Crippen LogP contribution in [0.25, 0.3) is 0 Å². The molecule has 94 valence electrons. The van der Waals surface area contributed by atoms with Gasteiger partial charge >= 0.3 is 0 Å². The number of hydrogen-bond donors (Lipinski definition) is 1. The highest BCUT2D eigenvalue weighted by molar-refractivity contribution is 9.10. The molecule has 1 aromatic heterocycles. The van der Waals surface area contributed by atoms with Crippen molar-refractivity contribution < 1.29 is 4.79 Å². The third-order valence-electron chi connectivity index (χ3n) is 2.28. The summed E-state index contributed by atoms with van der Waals surface area (Å²) in [5.41, 5.74) is 0.560. The summed E-state index contributed by atoms with van der Waals surface area (Å²) >= 11 is 9.14. The van der Waals surface area contributed by atoms with Gasteiger partial charge in [0.05, 0.1) is 17.8 Å². The lowest BCUT2D eigenvalue weighted by Crippen LogP contribution is -2.27. The van der Waals surface area contributed by atoms with E-state index in [9.17, 15) is 4.79 Å². The van der Waals surface area contributed by atoms with Crippen LogP contribution in [0.1, 0.15) is 10.4 Å². The number of nitrogens with one attached hydrogen (secondary N) is 1. The minimum atomic E-state index is -0.146. The quantitative estimate of drug-likeness (QED) is 0.935. The SMILES string of the molecule is O=C(NCCn1ccnn1)c1ccc(Cl)c(Br)c1. The first-order valence-electron chi connectivity index (χ1n) is 5.24. The van der Waals surface area contributed by atoms with Crippen molar-refractivity contribution >= 4 is 33.4 Å². The van der Waals surface area contributed by atoms with Gasteiger partial charge in [0, 0.05) is 22.8 Å². The van der Waals surface area contributed by atoms with Crippen molar-refractivity contribution in [1.29, 1.82) is 0 Å². The van der Waals surface area contributed by atoms with Crippen LogP contribution in [0.4, 0.5) is 0 Å². The average Bonchev–Trinajstić information content (AvgIpc) is 2.85. The molecule has 0 unspecified atom stereocenters. The van der Waals surface area contributed by atoms with Crippen LogP contribution in [0.2, 0.25) is 5.02 Å². The number of halogens is 2. The van der Waals surface area contributed by atoms with Gasteiger partial charge in [0.1, 0.15) is 0 Å². The lowest BCUT2D eigenvalue weighted by Gasteiger charge is -2.06. The molecule has 0 aliphatic carbocycles. The molecule has 0 spiro atoms. The van der Waals surface area contributed by atoms with Crippen LogP contribution in [0.3, 0.4) is 0 Å². The lowest BCUT2D eigenvalue weighted by atomic mass is 10.2. The Hall–Kier alpha value is -1.40. The molecule has 0 fully saturated rings. The first kappa shape index (κ1) is 13.0. The van der Waals surface area contributed by atoms with Crippen LogP contribution in [0.15, 0.2) is 35.1 Å². The molecule has 0 saturated carbocycles. The first-order valence-corrected chi connectivity index (χ1v) is 6.41. The zero-order chi connectivity index (χ0) is 13.0. The number of nitrogens with zero attached hydrogens (tertiary/aromatic N) is 3. The number of aromatic nitrogens is 3. The predicted molar refractivity (Wildman–Crippen MR) is 71.5 cm³/mol. The zero-order valence-electron chi connectivity index (χ0n) is 9.31. The molecule has 0 saturated heterocycles. The molecule has 0 radical (unpaired) electrons. The van der Waals surface area contributed by atoms with Crippen molar-refractivity contribution in [3.8, 4) is 0 Å². The van der Waals surface area contributed by atoms with Gasteiger partial charge < -0.3 is 5.32 Å². The second-order valence-electron chi connectivity index (χ2n) is 3.55. The van der Waals surface area contributed by atoms with Gasteiger partial charge in [-0.15, -0.1) is 5.10 Å². The summed E-state index contributed by atoms with van der Waals surface area (Å²) in [5.74, 6) is -0.146. The van der Waals surface area contributed by atoms with Crippen LogP contribution in [0.5, 0.6) is 0 Å². The summed E-state index contributed by atoms with van der Waals surface area (Å²) in [6.07, 6.45) is 3.34. The fourth-order valence-electron chi connectivity index (χ4n) is 1.38. The fraction of sp³-hybridized carbons (Fsp3) is 0.182. The Morgan fingerprint density at radius 2 is 2.33 bits per heavy atom. The normalized spacial score (nSPS) is 10.3. The molecule has 0 bridgehead atoms. The summed E-state index contributed by atoms with van der Waals surface area (Å²) in [5, 5.41) is 10.9. The maximum Gasteiger partial charge on any atom is 0.251 e. The molecule has 2 aromatic rings. The zero-order valence-corrected chi connectivity index (χ0v) is 11.6. The van der Waals surface area contributed by atoms with E-state index in [0.717, 1.165) is 0 Å². The number of benzene rings is 1. The largest absolute Gasteiger partial charge is 0.350 e. The molecular weight excluding hydrogens is 320 g/mol. The predicted octanol–water partition coefficient (Wildman–Crippen LogP) is 2.12. The molecular formula is C11H10BrClN4O. The summed E-state index contributed by atoms with van der Waals surface area (Å²) in [7, 11) is 0. The standard InChI is InChI=1S/C11H10BrClN4O/c12-9-7-8(1-2-10(9)13)11(18)14-3-5-17-6-4-15-16-17/h1-2,4,6-7H,3,5H2,(H,14,18). The minimum absolute atomic E-state index is 0.146. The Bertz CT molecular complexity index is 544. The van der Waals surface area contributed by atoms with E-state index in [4.69, 9.17) is 11.6 Å². The molecule has 1 heterocycles. The van der Waals surface area contributed by atoms with Gasteiger partial charge in [-0.2, -0.15) is 0 Å². The van der Waals surface area contributed by atoms with Crippen LogP contribution < -0.4 is 5.32 Å². The van der Waals surface area contributed by atoms with Gasteiger partial charge in [-0.25, -0.2) is 0 Å². The fourth-order valence-corrected chi connectivity index (χ4v) is 1.87. The van der Waals surface area contributed by atoms with Gasteiger partial charge in [-0.05, 0) is 34.1 Å². The van der Waals surface area contributed by atoms with E-state index in [1.165, 1.54) is 0 Å². The Morgan fingerprint density at radius 1 is 1.50 bits per heavy atom. The lowest BCUT2D eigenvalue weighted by molar-refractivity contribution is 0.0952. The number of amides is 1. The molecule has 0 aliphatic heterocycles. The third kappa shape index (κ3) is 3.30. The van der Waals surface area contributed by atoms with Crippen molar-refractivity contribution in [2.24, 2.45) is 0 Å². The molecule has 1 aromatic carbocycles. The van der Waals surface area contributed by atoms with Crippen molar-refractivity contribution in [3.63, 3.8) is 0 Å². The second-order valence-corrected chi connectivity index (χ2v) is 4.81. The van der Waals surface area contributed by atoms with Crippen molar-refractivity contribution in [2.75, 3.05) is 6.54 Å². The molecule has 1 amide bonds. The van der Waals surface area contributed by atoms with E-state index in [2.05, 4.69) is 31.6 Å². The average molecular weight is 330 g/mol. The summed E-state index contributed by atoms with van der Waals surface area (Å²) in [6, 6.07) is 5.04. The topological polar surface area (TPSA) is 59.8 Å². The van der Waals surface area contributed by atoms with E-state index in [-0.39, 0.29) is 5.91 Å². The van der Waals surface area contributed by atoms with E-state index < -0.39 is 0 Å². The smallest absolute Gasteiger partial charge is 0.251 e. The van der Waals surface area contributed by atoms with E-state index in [1.54, 1.807) is 35.3 Å². The highest BCUT2D eigenvalue weighted by atomic mass is 79.9. The van der Waals surface area contributed by atoms with Crippen molar-refractivity contribution in [3.05, 3.63) is 45.7 Å². The van der Waals surface area contributed by atoms with Crippen LogP contribution in [-0.2, 0) is 6.54 Å². The third-order valence-corrected chi connectivity index (χ3v) is 3.49. The van der Waals surface area contributed by atoms with Crippen LogP contribution in [0, 0.1) is 0 Å². The monoisotopic (exact) mass is 328 g/mol. The van der Waals surface area contributed by atoms with Gasteiger partial charge in [-0.3, -0.25) is 9.48 Å². The van der Waals surface area contributed by atoms with E-state index in [0.29, 0.717) is 28.1 Å². The first-order chi connectivity index (χ1) is 8.66. The number of hydrogen-bond acceptors (Lipinski definition) is 3. The van der Waals surface area contributed by atoms with Crippen LogP contribution >= 0.6 is 27.5 Å². The van der Waals surface area contributed by atoms with Crippen molar-refractivity contribution in [1.82, 2.24) is 20.3 Å². The number of rotatable bonds is 4. The van der Waals surface area contributed by atoms with Gasteiger partial charge in [-0.1, -0.05) is 16.8 Å². The maximum absolute atomic E-state index is 11.8. The van der Waals surface area contributed by atoms with E-state index in [1.807, 2.05) is 0 Å². The van der Waals surface area contributed by atoms with Crippen LogP contribution in [-0.4, -0.2) is 27.4 Å². The Labute approximate surface area is 117 Å². The summed E-state index contributed by atoms with van der Waals surface area (Å²) in [6.45, 7) is 1.07. The molecule has 2 rings (SSSR count). The second kappa shape index (κ2) is 5.97. The Kier molecular flexibility index (Phi) is 4.33. The molecule has 0 aliphatic rings. The molecule has 1 N–H and O–H groups in total. The van der Waals surface area contributed by atoms with Gasteiger partial charge in [0.15, 0.2) is 0 Å².